The minimum atomic E-state index is -4.91. The van der Waals surface area contributed by atoms with Gasteiger partial charge in [-0.25, -0.2) is 9.48 Å². The summed E-state index contributed by atoms with van der Waals surface area (Å²) < 4.78 is 57.3. The first kappa shape index (κ1) is 33.7. The molecule has 4 heterocycles. The van der Waals surface area contributed by atoms with Gasteiger partial charge in [0.05, 0.1) is 23.6 Å². The van der Waals surface area contributed by atoms with Crippen LogP contribution in [0.4, 0.5) is 24.9 Å². The highest BCUT2D eigenvalue weighted by Crippen LogP contribution is 2.43. The van der Waals surface area contributed by atoms with Gasteiger partial charge in [-0.1, -0.05) is 18.2 Å². The highest BCUT2D eigenvalue weighted by Gasteiger charge is 2.46. The van der Waals surface area contributed by atoms with Gasteiger partial charge in [0.15, 0.2) is 0 Å². The van der Waals surface area contributed by atoms with Gasteiger partial charge < -0.3 is 30.5 Å². The van der Waals surface area contributed by atoms with Crippen LogP contribution in [-0.2, 0) is 9.53 Å². The second-order valence-electron chi connectivity index (χ2n) is 12.4. The zero-order valence-corrected chi connectivity index (χ0v) is 26.9. The minimum Gasteiger partial charge on any atom is -0.480 e. The summed E-state index contributed by atoms with van der Waals surface area (Å²) in [6.45, 7) is 5.17. The number of nitrogens with two attached hydrogens (primary N) is 1. The maximum atomic E-state index is 15.0. The van der Waals surface area contributed by atoms with E-state index in [0.717, 1.165) is 0 Å². The normalized spacial score (nSPS) is 18.0. The topological polar surface area (TPSA) is 158 Å². The molecule has 49 heavy (non-hydrogen) atoms. The van der Waals surface area contributed by atoms with Crippen LogP contribution in [0.2, 0.25) is 0 Å². The number of nitrogens with zero attached hydrogens (tertiary/aromatic N) is 5. The number of aliphatic carboxylic acids is 1. The van der Waals surface area contributed by atoms with E-state index in [1.807, 2.05) is 4.90 Å². The van der Waals surface area contributed by atoms with E-state index in [1.54, 1.807) is 56.4 Å². The molecule has 2 aromatic carbocycles. The Morgan fingerprint density at radius 1 is 1.10 bits per heavy atom. The summed E-state index contributed by atoms with van der Waals surface area (Å²) >= 11 is 0. The van der Waals surface area contributed by atoms with Crippen molar-refractivity contribution in [3.8, 4) is 22.7 Å². The SMILES string of the molecule is CCOC(=O)c1cccc(-c2ccc(-n3ccc(C)n3)c([C@@H](Oc3cc(N4CCC5(CC4)CNC(C(=O)O)C5)nc(N)n3)C(F)(F)F)c2)c1. The second kappa shape index (κ2) is 13.4. The van der Waals surface area contributed by atoms with Crippen LogP contribution in [0.15, 0.2) is 60.8 Å². The Bertz CT molecular complexity index is 1860. The molecule has 2 aliphatic heterocycles. The molecule has 2 saturated heterocycles. The molecular weight excluding hydrogens is 643 g/mol. The van der Waals surface area contributed by atoms with E-state index in [-0.39, 0.29) is 40.7 Å². The third-order valence-corrected chi connectivity index (χ3v) is 9.04. The Morgan fingerprint density at radius 3 is 2.51 bits per heavy atom. The Kier molecular flexibility index (Phi) is 9.20. The molecule has 0 saturated carbocycles. The number of carboxylic acid groups (broad SMARTS) is 1. The lowest BCUT2D eigenvalue weighted by Gasteiger charge is -2.39. The zero-order valence-electron chi connectivity index (χ0n) is 26.9. The number of halogens is 3. The van der Waals surface area contributed by atoms with Gasteiger partial charge in [-0.2, -0.15) is 28.2 Å². The number of benzene rings is 2. The Balaban J connectivity index is 1.33. The standard InChI is InChI=1S/C34H36F3N7O5/c1-3-48-31(47)23-6-4-5-21(15-23)22-7-8-26(44-12-9-20(2)42-44)24(16-22)29(34(35,36)37)49-28-17-27(40-32(38)41-28)43-13-10-33(11-14-43)18-25(30(45)46)39-19-33/h4-9,12,15-17,25,29,39H,3,10-11,13-14,18-19H2,1-2H3,(H,45,46)(H2,38,40,41)/t25?,29-/m1/s1. The Labute approximate surface area is 280 Å². The van der Waals surface area contributed by atoms with Gasteiger partial charge in [0, 0.05) is 37.5 Å². The van der Waals surface area contributed by atoms with Gasteiger partial charge in [-0.3, -0.25) is 4.79 Å². The van der Waals surface area contributed by atoms with Crippen LogP contribution >= 0.6 is 0 Å². The van der Waals surface area contributed by atoms with Crippen molar-refractivity contribution in [2.45, 2.75) is 51.4 Å². The molecule has 6 rings (SSSR count). The predicted molar refractivity (Wildman–Crippen MR) is 173 cm³/mol. The van der Waals surface area contributed by atoms with E-state index in [9.17, 15) is 14.7 Å². The summed E-state index contributed by atoms with van der Waals surface area (Å²) in [5.74, 6) is -1.74. The van der Waals surface area contributed by atoms with Crippen molar-refractivity contribution in [3.05, 3.63) is 77.6 Å². The molecule has 258 valence electrons. The lowest BCUT2D eigenvalue weighted by Crippen LogP contribution is -2.41. The molecule has 0 bridgehead atoms. The quantitative estimate of drug-likeness (QED) is 0.202. The van der Waals surface area contributed by atoms with Crippen LogP contribution < -0.4 is 20.7 Å². The van der Waals surface area contributed by atoms with Gasteiger partial charge in [0.25, 0.3) is 0 Å². The van der Waals surface area contributed by atoms with Crippen molar-refractivity contribution >= 4 is 23.7 Å². The highest BCUT2D eigenvalue weighted by molar-refractivity contribution is 5.91. The number of nitrogen functional groups attached to an aromatic ring is 1. The summed E-state index contributed by atoms with van der Waals surface area (Å²) in [5, 5.41) is 16.8. The monoisotopic (exact) mass is 679 g/mol. The van der Waals surface area contributed by atoms with E-state index in [1.165, 1.54) is 22.9 Å². The average Bonchev–Trinajstić information content (AvgIpc) is 3.69. The van der Waals surface area contributed by atoms with Crippen molar-refractivity contribution in [1.82, 2.24) is 25.1 Å². The Hall–Kier alpha value is -5.18. The van der Waals surface area contributed by atoms with Gasteiger partial charge in [-0.15, -0.1) is 0 Å². The number of alkyl halides is 3. The molecule has 2 aliphatic rings. The first-order valence-electron chi connectivity index (χ1n) is 15.9. The maximum absolute atomic E-state index is 15.0. The zero-order chi connectivity index (χ0) is 34.9. The average molecular weight is 680 g/mol. The number of piperidine rings is 1. The molecule has 1 spiro atoms. The van der Waals surface area contributed by atoms with Gasteiger partial charge in [-0.05, 0) is 80.0 Å². The number of anilines is 2. The van der Waals surface area contributed by atoms with Crippen molar-refractivity contribution < 1.29 is 37.3 Å². The molecule has 12 nitrogen and oxygen atoms in total. The highest BCUT2D eigenvalue weighted by atomic mass is 19.4. The molecule has 1 unspecified atom stereocenters. The smallest absolute Gasteiger partial charge is 0.429 e. The van der Waals surface area contributed by atoms with Gasteiger partial charge in [0.1, 0.15) is 11.9 Å². The summed E-state index contributed by atoms with van der Waals surface area (Å²) in [7, 11) is 0. The maximum Gasteiger partial charge on any atom is 0.429 e. The van der Waals surface area contributed by atoms with E-state index in [0.29, 0.717) is 61.5 Å². The lowest BCUT2D eigenvalue weighted by atomic mass is 9.76. The van der Waals surface area contributed by atoms with Crippen LogP contribution in [0, 0.1) is 12.3 Å². The molecular formula is C34H36F3N7O5. The van der Waals surface area contributed by atoms with E-state index >= 15 is 13.2 Å². The fourth-order valence-electron chi connectivity index (χ4n) is 6.50. The van der Waals surface area contributed by atoms with E-state index < -0.39 is 30.3 Å². The summed E-state index contributed by atoms with van der Waals surface area (Å²) in [6.07, 6.45) is -3.99. The molecule has 15 heteroatoms. The van der Waals surface area contributed by atoms with Crippen molar-refractivity contribution in [1.29, 1.82) is 0 Å². The number of hydrogen-bond donors (Lipinski definition) is 3. The van der Waals surface area contributed by atoms with E-state index in [2.05, 4.69) is 20.4 Å². The molecule has 4 aromatic rings. The third-order valence-electron chi connectivity index (χ3n) is 9.04. The van der Waals surface area contributed by atoms with Crippen LogP contribution in [0.25, 0.3) is 16.8 Å². The second-order valence-corrected chi connectivity index (χ2v) is 12.4. The molecule has 2 atom stereocenters. The molecule has 0 aliphatic carbocycles. The number of carbonyl (C=O) groups is 2. The van der Waals surface area contributed by atoms with Gasteiger partial charge in [0.2, 0.25) is 17.9 Å². The number of esters is 1. The fourth-order valence-corrected chi connectivity index (χ4v) is 6.50. The first-order valence-corrected chi connectivity index (χ1v) is 15.9. The predicted octanol–water partition coefficient (Wildman–Crippen LogP) is 5.11. The largest absolute Gasteiger partial charge is 0.480 e. The van der Waals surface area contributed by atoms with Crippen molar-refractivity contribution in [3.63, 3.8) is 0 Å². The number of carboxylic acids is 1. The lowest BCUT2D eigenvalue weighted by molar-refractivity contribution is -0.198. The molecule has 0 amide bonds. The number of rotatable bonds is 9. The third kappa shape index (κ3) is 7.31. The number of ether oxygens (including phenoxy) is 2. The number of nitrogens with one attached hydrogen (secondary N) is 1. The molecule has 0 radical (unpaired) electrons. The molecule has 2 fully saturated rings. The van der Waals surface area contributed by atoms with Crippen LogP contribution in [-0.4, -0.2) is 75.3 Å². The summed E-state index contributed by atoms with van der Waals surface area (Å²) in [6, 6.07) is 13.4. The van der Waals surface area contributed by atoms with Crippen LogP contribution in [0.1, 0.15) is 53.9 Å². The van der Waals surface area contributed by atoms with Crippen molar-refractivity contribution in [2.24, 2.45) is 5.41 Å². The molecule has 4 N–H and O–H groups in total. The number of aromatic nitrogens is 4. The number of carbonyl (C=O) groups excluding carboxylic acids is 1. The van der Waals surface area contributed by atoms with E-state index in [4.69, 9.17) is 15.2 Å². The van der Waals surface area contributed by atoms with Gasteiger partial charge >= 0.3 is 18.1 Å². The number of aryl methyl sites for hydroxylation is 1. The van der Waals surface area contributed by atoms with Crippen molar-refractivity contribution in [2.75, 3.05) is 36.9 Å². The van der Waals surface area contributed by atoms with Crippen LogP contribution in [0.5, 0.6) is 5.88 Å². The Morgan fingerprint density at radius 2 is 1.86 bits per heavy atom. The number of hydrogen-bond acceptors (Lipinski definition) is 10. The van der Waals surface area contributed by atoms with Crippen LogP contribution in [0.3, 0.4) is 0 Å². The summed E-state index contributed by atoms with van der Waals surface area (Å²) in [4.78, 5) is 34.1. The first-order chi connectivity index (χ1) is 23.3. The molecule has 2 aromatic heterocycles. The minimum absolute atomic E-state index is 0.133. The summed E-state index contributed by atoms with van der Waals surface area (Å²) in [5.41, 5.74) is 7.48. The fraction of sp³-hybridized carbons (Fsp3) is 0.382.